The number of Topliss-reactive ketones (excluding diaryl/α,β-unsaturated/α-hetero) is 1. The van der Waals surface area contributed by atoms with Gasteiger partial charge in [0.25, 0.3) is 43.9 Å². The first-order chi connectivity index (χ1) is 65.4. The van der Waals surface area contributed by atoms with Crippen molar-refractivity contribution in [3.8, 4) is 40.2 Å². The first-order valence-electron chi connectivity index (χ1n) is 43.1. The van der Waals surface area contributed by atoms with E-state index in [0.29, 0.717) is 41.0 Å². The van der Waals surface area contributed by atoms with Crippen molar-refractivity contribution in [1.82, 2.24) is 35.4 Å². The molecule has 5 aliphatic heterocycles. The first-order valence-corrected chi connectivity index (χ1v) is 50.9. The zero-order valence-electron chi connectivity index (χ0n) is 74.5. The molecule has 0 aliphatic carbocycles. The molecule has 5 aliphatic rings. The highest BCUT2D eigenvalue weighted by molar-refractivity contribution is 7.91. The number of methoxy groups -OCH3 is 2. The van der Waals surface area contributed by atoms with Gasteiger partial charge in [-0.3, -0.25) is 33.1 Å². The second kappa shape index (κ2) is 42.7. The zero-order valence-corrected chi connectivity index (χ0v) is 79.4. The zero-order chi connectivity index (χ0) is 97.4. The molecule has 0 radical (unpaired) electrons. The Balaban J connectivity index is 0.565. The second-order valence-corrected chi connectivity index (χ2v) is 42.1. The van der Waals surface area contributed by atoms with E-state index < -0.39 is 136 Å². The summed E-state index contributed by atoms with van der Waals surface area (Å²) >= 11 is 2.84. The Hall–Kier alpha value is -11.8. The number of carbonyl (C=O) groups excluding carboxylic acids is 5. The fraction of sp³-hybridized carbons (Fsp3) is 0.374. The summed E-state index contributed by atoms with van der Waals surface area (Å²) in [4.78, 5) is 73.0. The first kappa shape index (κ1) is 99.7. The number of benzene rings is 7. The summed E-state index contributed by atoms with van der Waals surface area (Å²) in [5, 5.41) is 61.9. The Labute approximate surface area is 796 Å². The van der Waals surface area contributed by atoms with Crippen LogP contribution in [0.15, 0.2) is 167 Å². The van der Waals surface area contributed by atoms with Crippen LogP contribution in [0.5, 0.6) is 40.2 Å². The summed E-state index contributed by atoms with van der Waals surface area (Å²) in [5.41, 5.74) is 6.31. The van der Waals surface area contributed by atoms with E-state index in [1.807, 2.05) is 56.0 Å². The smallest absolute Gasteiger partial charge is 0.493 e. The van der Waals surface area contributed by atoms with Gasteiger partial charge in [-0.05, 0) is 149 Å². The van der Waals surface area contributed by atoms with Gasteiger partial charge in [-0.1, -0.05) is 35.0 Å². The van der Waals surface area contributed by atoms with Crippen molar-refractivity contribution in [2.24, 2.45) is 0 Å². The normalized spacial score (nSPS) is 19.2. The lowest BCUT2D eigenvalue weighted by molar-refractivity contribution is -0.916. The minimum atomic E-state index is -5.17. The van der Waals surface area contributed by atoms with E-state index in [1.165, 1.54) is 130 Å². The molecule has 46 heteroatoms. The fourth-order valence-corrected chi connectivity index (χ4v) is 22.2. The van der Waals surface area contributed by atoms with Crippen LogP contribution in [0.1, 0.15) is 113 Å². The maximum atomic E-state index is 14.5. The molecule has 7 aromatic carbocycles. The van der Waals surface area contributed by atoms with Crippen molar-refractivity contribution >= 4 is 104 Å². The summed E-state index contributed by atoms with van der Waals surface area (Å²) in [7, 11) is -11.9. The molecule has 10 N–H and O–H groups in total. The van der Waals surface area contributed by atoms with E-state index in [4.69, 9.17) is 51.0 Å². The van der Waals surface area contributed by atoms with Gasteiger partial charge in [0.15, 0.2) is 60.9 Å². The highest BCUT2D eigenvalue weighted by atomic mass is 32.3. The van der Waals surface area contributed by atoms with E-state index in [9.17, 15) is 87.2 Å². The number of ether oxygens (including phenoxy) is 9. The van der Waals surface area contributed by atoms with E-state index in [-0.39, 0.29) is 188 Å². The minimum absolute atomic E-state index is 0.00154. The molecular formula is C91H101N10O30S6+. The Bertz CT molecular complexity index is 6400. The lowest BCUT2D eigenvalue weighted by Crippen LogP contribution is -2.60. The largest absolute Gasteiger partial charge is 0.501 e. The number of amides is 4. The topological polar surface area (TPSA) is 530 Å². The third kappa shape index (κ3) is 24.3. The third-order valence-electron chi connectivity index (χ3n) is 23.4. The van der Waals surface area contributed by atoms with Crippen molar-refractivity contribution in [2.45, 2.75) is 137 Å². The molecular weight excluding hydrogens is 1910 g/mol. The molecule has 40 nitrogen and oxygen atoms in total. The van der Waals surface area contributed by atoms with Crippen LogP contribution in [-0.2, 0) is 125 Å². The highest BCUT2D eigenvalue weighted by Gasteiger charge is 2.49. The van der Waals surface area contributed by atoms with Crippen LogP contribution in [0.25, 0.3) is 0 Å². The lowest BCUT2D eigenvalue weighted by atomic mass is 9.99. The maximum absolute atomic E-state index is 14.5. The standard InChI is InChI=1S/C91H100N10O30S6/c1-53-6-17-65(18-7-53)134(111,112)33-22-72(103)58-10-12-59(13-11-58)85(107)92-24-27-124-29-30-125-52-63-46-98(97-96-63)25-28-123-26-23-93-86(108)60-14-19-73(128-91-84(106)83(105)82(104)79(49-102)129-91)78(37-60)131-137(119,120)130-64-15-8-54(9-16-64)47-101(2,3)48-55-34-56(50-126-76-40-68-66(38-74(76)121-4)89(109)99-44-61-20-31-132-80(61)42-70(99)87(94-68)135(113,114)115)36-57(35-55)51-127-77-41-69-67(39-75(77)122-5)90(110)100-45-62-21-32-133-81(62)43-71(100)88(95-69)136(116,117)118/h6-21,31-32,34-41,46,70-71,79,82-84,87-88,91,102,104-106H,22-30,33,42-45,47-52H2,1-5H3,(H5-,92,93,94,95,107,108,109,110,113,114,115,116,117,118)/p+1/t70?,71?,79-,82+,83+,84-,87?,88?,91?/m1/s1. The number of quaternary nitrogens is 1. The number of carbonyl (C=O) groups is 5. The number of ketones is 1. The van der Waals surface area contributed by atoms with E-state index >= 15 is 0 Å². The number of fused-ring (bicyclic) bond motifs is 6. The van der Waals surface area contributed by atoms with Crippen molar-refractivity contribution in [2.75, 3.05) is 97.4 Å². The number of nitrogens with one attached hydrogen (secondary N) is 4. The van der Waals surface area contributed by atoms with E-state index in [2.05, 4.69) is 31.6 Å². The SMILES string of the molecule is COc1cc2c(cc1OCc1cc(COc3cc4c(cc3OC)C(=O)N3Cc5ccsc5CC3C(S(=O)(=O)O)N4)cc(C[N+](C)(C)Cc3ccc(OS(=O)(=O)Oc4cc(C(=O)NCCOCCn5cc(COCCOCCNC(=O)c6ccc(C(=O)CCS(=O)(=O)c7ccc(C)cc7)cc6)nn5)ccc4OC4O[C@H](CO)[C@H](O)[C@H](O)[C@H]4O)cc3)c1)NC(S(=O)(=O)O)C1Cc3sccc3CN1C2=O. The molecule has 0 spiro atoms. The van der Waals surface area contributed by atoms with E-state index in [1.54, 1.807) is 36.5 Å². The van der Waals surface area contributed by atoms with Crippen molar-refractivity contribution in [3.63, 3.8) is 0 Å². The Kier molecular flexibility index (Phi) is 31.0. The number of sulfone groups is 1. The molecule has 10 aromatic rings. The van der Waals surface area contributed by atoms with Crippen LogP contribution in [0, 0.1) is 6.92 Å². The number of aryl methyl sites for hydroxylation is 1. The Morgan fingerprint density at radius 1 is 0.562 bits per heavy atom. The van der Waals surface area contributed by atoms with Gasteiger partial charge in [-0.15, -0.1) is 36.2 Å². The van der Waals surface area contributed by atoms with Crippen LogP contribution in [0.3, 0.4) is 0 Å². The third-order valence-corrected chi connectivity index (χ3v) is 30.0. The number of nitrogens with zero attached hydrogens (tertiary/aromatic N) is 6. The average Bonchev–Trinajstić information content (AvgIpc) is 1.61. The number of aliphatic hydroxyl groups is 4. The molecule has 137 heavy (non-hydrogen) atoms. The number of aliphatic hydroxyl groups excluding tert-OH is 4. The number of aromatic nitrogens is 3. The molecule has 15 rings (SSSR count). The number of hydrogen-bond acceptors (Lipinski definition) is 34. The number of hydrogen-bond donors (Lipinski definition) is 10. The fourth-order valence-electron chi connectivity index (χ4n) is 16.5. The van der Waals surface area contributed by atoms with E-state index in [0.717, 1.165) is 44.1 Å². The molecule has 9 atom stereocenters. The summed E-state index contributed by atoms with van der Waals surface area (Å²) in [6.45, 7) is 2.64. The molecule has 0 saturated carbocycles. The molecule has 8 heterocycles. The van der Waals surface area contributed by atoms with Gasteiger partial charge in [-0.25, -0.2) is 13.1 Å². The van der Waals surface area contributed by atoms with Gasteiger partial charge in [-0.2, -0.15) is 16.8 Å². The van der Waals surface area contributed by atoms with Crippen LogP contribution in [0.2, 0.25) is 0 Å². The molecule has 730 valence electrons. The van der Waals surface area contributed by atoms with Crippen LogP contribution in [-0.4, -0.2) is 262 Å². The van der Waals surface area contributed by atoms with Crippen molar-refractivity contribution in [3.05, 3.63) is 245 Å². The van der Waals surface area contributed by atoms with Crippen LogP contribution in [0.4, 0.5) is 11.4 Å². The summed E-state index contributed by atoms with van der Waals surface area (Å²) in [6, 6.07) is 34.7. The summed E-state index contributed by atoms with van der Waals surface area (Å²) in [6.07, 6.45) is -7.17. The quantitative estimate of drug-likeness (QED) is 0.00854. The number of anilines is 2. The molecule has 3 aromatic heterocycles. The maximum Gasteiger partial charge on any atom is 0.501 e. The van der Waals surface area contributed by atoms with Gasteiger partial charge in [0.1, 0.15) is 62.2 Å². The highest BCUT2D eigenvalue weighted by Crippen LogP contribution is 2.45. The second-order valence-electron chi connectivity index (χ2n) is 33.7. The number of thiophene rings is 2. The summed E-state index contributed by atoms with van der Waals surface area (Å²) in [5.74, 6) is -3.81. The Morgan fingerprint density at radius 2 is 1.09 bits per heavy atom. The molecule has 1 saturated heterocycles. The van der Waals surface area contributed by atoms with Crippen LogP contribution < -0.4 is 53.3 Å². The molecule has 1 fully saturated rings. The lowest BCUT2D eigenvalue weighted by Gasteiger charge is -2.39. The molecule has 5 unspecified atom stereocenters. The number of rotatable bonds is 42. The summed E-state index contributed by atoms with van der Waals surface area (Å²) < 4.78 is 194. The predicted octanol–water partition coefficient (Wildman–Crippen LogP) is 6.41. The Morgan fingerprint density at radius 3 is 1.66 bits per heavy atom. The van der Waals surface area contributed by atoms with Gasteiger partial charge in [0.05, 0.1) is 133 Å². The molecule has 4 amide bonds. The molecule has 0 bridgehead atoms. The monoisotopic (exact) mass is 2010 g/mol. The average molecular weight is 2010 g/mol. The minimum Gasteiger partial charge on any atom is -0.493 e. The van der Waals surface area contributed by atoms with Crippen molar-refractivity contribution < 1.29 is 143 Å². The van der Waals surface area contributed by atoms with Gasteiger partial charge in [0, 0.05) is 95.1 Å². The predicted molar refractivity (Wildman–Crippen MR) is 494 cm³/mol. The van der Waals surface area contributed by atoms with Gasteiger partial charge >= 0.3 is 10.4 Å². The van der Waals surface area contributed by atoms with Gasteiger partial charge < -0.3 is 107 Å². The van der Waals surface area contributed by atoms with Crippen LogP contribution >= 0.6 is 22.7 Å². The van der Waals surface area contributed by atoms with Gasteiger partial charge in [0.2, 0.25) is 6.29 Å². The van der Waals surface area contributed by atoms with Crippen molar-refractivity contribution in [1.29, 1.82) is 0 Å².